The van der Waals surface area contributed by atoms with Gasteiger partial charge in [0.1, 0.15) is 5.75 Å². The Kier molecular flexibility index (Phi) is 4.65. The van der Waals surface area contributed by atoms with Gasteiger partial charge in [-0.25, -0.2) is 0 Å². The summed E-state index contributed by atoms with van der Waals surface area (Å²) in [5.41, 5.74) is 0.0450. The number of hydrogen-bond donors (Lipinski definition) is 0. The number of methoxy groups -OCH3 is 1. The number of rotatable bonds is 4. The van der Waals surface area contributed by atoms with Crippen LogP contribution in [0.3, 0.4) is 0 Å². The molecule has 0 spiro atoms. The molecule has 0 amide bonds. The maximum Gasteiger partial charge on any atom is 0.416 e. The summed E-state index contributed by atoms with van der Waals surface area (Å²) < 4.78 is 43.4. The Morgan fingerprint density at radius 2 is 1.73 bits per heavy atom. The Labute approximate surface area is 126 Å². The normalized spacial score (nSPS) is 11.6. The van der Waals surface area contributed by atoms with Gasteiger partial charge in [-0.05, 0) is 35.9 Å². The van der Waals surface area contributed by atoms with E-state index in [4.69, 9.17) is 4.74 Å². The number of alkyl halides is 3. The van der Waals surface area contributed by atoms with Gasteiger partial charge in [-0.15, -0.1) is 0 Å². The number of benzene rings is 2. The third kappa shape index (κ3) is 3.75. The molecule has 5 heteroatoms. The van der Waals surface area contributed by atoms with Gasteiger partial charge < -0.3 is 4.74 Å². The van der Waals surface area contributed by atoms with Gasteiger partial charge in [0, 0.05) is 11.8 Å². The van der Waals surface area contributed by atoms with Gasteiger partial charge in [0.05, 0.1) is 18.4 Å². The van der Waals surface area contributed by atoms with Crippen molar-refractivity contribution < 1.29 is 17.9 Å². The molecule has 0 aromatic heterocycles. The van der Waals surface area contributed by atoms with Gasteiger partial charge in [-0.1, -0.05) is 24.8 Å². The first-order chi connectivity index (χ1) is 10.4. The van der Waals surface area contributed by atoms with E-state index in [2.05, 4.69) is 11.6 Å². The summed E-state index contributed by atoms with van der Waals surface area (Å²) in [7, 11) is 1.56. The Balaban J connectivity index is 2.29. The molecule has 22 heavy (non-hydrogen) atoms. The number of hydrogen-bond acceptors (Lipinski definition) is 2. The minimum Gasteiger partial charge on any atom is -0.497 e. The molecule has 0 unspecified atom stereocenters. The standard InChI is InChI=1S/C17H14F3NO/c1-12(17(18,19)20)15-5-3-4-6-16(15)21-11-13-7-9-14(22-2)10-8-13/h3-11H,1H2,2H3. The molecule has 0 aliphatic heterocycles. The van der Waals surface area contributed by atoms with Gasteiger partial charge in [0.2, 0.25) is 0 Å². The van der Waals surface area contributed by atoms with Gasteiger partial charge in [0.15, 0.2) is 0 Å². The Hall–Kier alpha value is -2.56. The van der Waals surface area contributed by atoms with E-state index < -0.39 is 11.7 Å². The zero-order valence-electron chi connectivity index (χ0n) is 11.9. The zero-order valence-corrected chi connectivity index (χ0v) is 11.9. The Bertz CT molecular complexity index is 688. The molecule has 2 aromatic carbocycles. The van der Waals surface area contributed by atoms with E-state index >= 15 is 0 Å². The smallest absolute Gasteiger partial charge is 0.416 e. The lowest BCUT2D eigenvalue weighted by molar-refractivity contribution is -0.0686. The van der Waals surface area contributed by atoms with Crippen LogP contribution in [0.25, 0.3) is 5.57 Å². The molecular formula is C17H14F3NO. The van der Waals surface area contributed by atoms with Gasteiger partial charge in [-0.3, -0.25) is 4.99 Å². The predicted octanol–water partition coefficient (Wildman–Crippen LogP) is 5.02. The first-order valence-electron chi connectivity index (χ1n) is 6.45. The second-order valence-corrected chi connectivity index (χ2v) is 4.52. The Morgan fingerprint density at radius 1 is 1.09 bits per heavy atom. The van der Waals surface area contributed by atoms with Gasteiger partial charge >= 0.3 is 6.18 Å². The summed E-state index contributed by atoms with van der Waals surface area (Å²) in [5, 5.41) is 0. The summed E-state index contributed by atoms with van der Waals surface area (Å²) >= 11 is 0. The molecule has 0 atom stereocenters. The molecule has 0 saturated heterocycles. The van der Waals surface area contributed by atoms with Gasteiger partial charge in [-0.2, -0.15) is 13.2 Å². The fraction of sp³-hybridized carbons (Fsp3) is 0.118. The van der Waals surface area contributed by atoms with E-state index in [1.54, 1.807) is 37.4 Å². The van der Waals surface area contributed by atoms with E-state index in [-0.39, 0.29) is 11.3 Å². The highest BCUT2D eigenvalue weighted by molar-refractivity contribution is 5.85. The molecule has 2 aromatic rings. The third-order valence-electron chi connectivity index (χ3n) is 3.04. The quantitative estimate of drug-likeness (QED) is 0.727. The molecule has 114 valence electrons. The fourth-order valence-corrected chi connectivity index (χ4v) is 1.83. The van der Waals surface area contributed by atoms with Crippen molar-refractivity contribution >= 4 is 17.5 Å². The zero-order chi connectivity index (χ0) is 16.2. The number of halogens is 3. The van der Waals surface area contributed by atoms with Crippen molar-refractivity contribution in [3.05, 3.63) is 66.2 Å². The predicted molar refractivity (Wildman–Crippen MR) is 81.8 cm³/mol. The number of nitrogens with zero attached hydrogens (tertiary/aromatic N) is 1. The van der Waals surface area contributed by atoms with Crippen LogP contribution in [-0.2, 0) is 0 Å². The Morgan fingerprint density at radius 3 is 2.32 bits per heavy atom. The van der Waals surface area contributed by atoms with E-state index in [1.165, 1.54) is 24.4 Å². The minimum absolute atomic E-state index is 0.0280. The van der Waals surface area contributed by atoms with Crippen LogP contribution in [0.2, 0.25) is 0 Å². The number of aliphatic imine (C=N–C) groups is 1. The molecule has 0 N–H and O–H groups in total. The maximum atomic E-state index is 12.8. The fourth-order valence-electron chi connectivity index (χ4n) is 1.83. The van der Waals surface area contributed by atoms with Crippen LogP contribution >= 0.6 is 0 Å². The van der Waals surface area contributed by atoms with Crippen LogP contribution in [-0.4, -0.2) is 19.5 Å². The van der Waals surface area contributed by atoms with Crippen LogP contribution in [0.5, 0.6) is 5.75 Å². The summed E-state index contributed by atoms with van der Waals surface area (Å²) in [6.45, 7) is 3.12. The van der Waals surface area contributed by atoms with Crippen molar-refractivity contribution in [3.63, 3.8) is 0 Å². The van der Waals surface area contributed by atoms with E-state index in [0.29, 0.717) is 5.75 Å². The van der Waals surface area contributed by atoms with Crippen LogP contribution in [0.4, 0.5) is 18.9 Å². The lowest BCUT2D eigenvalue weighted by Gasteiger charge is -2.12. The molecule has 0 aliphatic rings. The first-order valence-corrected chi connectivity index (χ1v) is 6.45. The highest BCUT2D eigenvalue weighted by Crippen LogP contribution is 2.36. The van der Waals surface area contributed by atoms with E-state index in [1.807, 2.05) is 0 Å². The van der Waals surface area contributed by atoms with E-state index in [9.17, 15) is 13.2 Å². The van der Waals surface area contributed by atoms with Crippen molar-refractivity contribution in [2.75, 3.05) is 7.11 Å². The highest BCUT2D eigenvalue weighted by Gasteiger charge is 2.33. The third-order valence-corrected chi connectivity index (χ3v) is 3.04. The number of allylic oxidation sites excluding steroid dienone is 1. The van der Waals surface area contributed by atoms with Crippen LogP contribution in [0, 0.1) is 0 Å². The SMILES string of the molecule is C=C(c1ccccc1N=Cc1ccc(OC)cc1)C(F)(F)F. The van der Waals surface area contributed by atoms with E-state index in [0.717, 1.165) is 5.56 Å². The molecular weight excluding hydrogens is 291 g/mol. The molecule has 2 rings (SSSR count). The highest BCUT2D eigenvalue weighted by atomic mass is 19.4. The van der Waals surface area contributed by atoms with Crippen molar-refractivity contribution in [1.29, 1.82) is 0 Å². The maximum absolute atomic E-state index is 12.8. The number of para-hydroxylation sites is 1. The summed E-state index contributed by atoms with van der Waals surface area (Å²) in [4.78, 5) is 4.14. The van der Waals surface area contributed by atoms with Gasteiger partial charge in [0.25, 0.3) is 0 Å². The monoisotopic (exact) mass is 305 g/mol. The average molecular weight is 305 g/mol. The summed E-state index contributed by atoms with van der Waals surface area (Å²) in [5.74, 6) is 0.697. The summed E-state index contributed by atoms with van der Waals surface area (Å²) in [6, 6.07) is 13.1. The van der Waals surface area contributed by atoms with Crippen molar-refractivity contribution in [2.24, 2.45) is 4.99 Å². The number of ether oxygens (including phenoxy) is 1. The molecule has 0 aliphatic carbocycles. The van der Waals surface area contributed by atoms with Crippen molar-refractivity contribution in [1.82, 2.24) is 0 Å². The molecule has 0 bridgehead atoms. The average Bonchev–Trinajstić information content (AvgIpc) is 2.52. The lowest BCUT2D eigenvalue weighted by atomic mass is 10.1. The van der Waals surface area contributed by atoms with Crippen molar-refractivity contribution in [3.8, 4) is 5.75 Å². The second kappa shape index (κ2) is 6.47. The molecule has 0 saturated carbocycles. The van der Waals surface area contributed by atoms with Crippen LogP contribution < -0.4 is 4.74 Å². The molecule has 2 nitrogen and oxygen atoms in total. The van der Waals surface area contributed by atoms with Crippen molar-refractivity contribution in [2.45, 2.75) is 6.18 Å². The first kappa shape index (κ1) is 15.8. The largest absolute Gasteiger partial charge is 0.497 e. The van der Waals surface area contributed by atoms with Crippen LogP contribution in [0.15, 0.2) is 60.1 Å². The molecule has 0 heterocycles. The molecule has 0 radical (unpaired) electrons. The summed E-state index contributed by atoms with van der Waals surface area (Å²) in [6.07, 6.45) is -2.98. The minimum atomic E-state index is -4.48. The topological polar surface area (TPSA) is 21.6 Å². The second-order valence-electron chi connectivity index (χ2n) is 4.52. The lowest BCUT2D eigenvalue weighted by Crippen LogP contribution is -2.09. The molecule has 0 fully saturated rings. The van der Waals surface area contributed by atoms with Crippen LogP contribution in [0.1, 0.15) is 11.1 Å².